The number of hydrogen-bond donors (Lipinski definition) is 1. The molecule has 0 aliphatic carbocycles. The Morgan fingerprint density at radius 3 is 2.68 bits per heavy atom. The van der Waals surface area contributed by atoms with Gasteiger partial charge in [0.25, 0.3) is 12.1 Å². The van der Waals surface area contributed by atoms with Crippen LogP contribution in [-0.4, -0.2) is 31.0 Å². The number of ether oxygens (including phenoxy) is 1. The molecule has 104 valence electrons. The topological polar surface area (TPSA) is 81.5 Å². The Labute approximate surface area is 111 Å². The standard InChI is InChI=1S/C10H9ClF2N2O4/c1-19-10(16)5-2-8(15(17)18)7(3-6(5)11)14-4-9(12)13/h2-3,9,14H,4H2,1H3. The monoisotopic (exact) mass is 294 g/mol. The van der Waals surface area contributed by atoms with Crippen LogP contribution in [-0.2, 0) is 4.74 Å². The minimum atomic E-state index is -2.68. The van der Waals surface area contributed by atoms with Crippen LogP contribution >= 0.6 is 11.6 Å². The van der Waals surface area contributed by atoms with Gasteiger partial charge in [0, 0.05) is 6.07 Å². The van der Waals surface area contributed by atoms with Crippen LogP contribution in [0.15, 0.2) is 12.1 Å². The van der Waals surface area contributed by atoms with E-state index in [1.54, 1.807) is 0 Å². The van der Waals surface area contributed by atoms with Crippen molar-refractivity contribution >= 4 is 28.9 Å². The number of rotatable bonds is 5. The highest BCUT2D eigenvalue weighted by atomic mass is 35.5. The van der Waals surface area contributed by atoms with Gasteiger partial charge in [-0.15, -0.1) is 0 Å². The Morgan fingerprint density at radius 1 is 1.58 bits per heavy atom. The van der Waals surface area contributed by atoms with Gasteiger partial charge < -0.3 is 10.1 Å². The summed E-state index contributed by atoms with van der Waals surface area (Å²) in [4.78, 5) is 21.3. The molecule has 1 aromatic carbocycles. The van der Waals surface area contributed by atoms with Crippen molar-refractivity contribution in [2.24, 2.45) is 0 Å². The number of hydrogen-bond acceptors (Lipinski definition) is 5. The summed E-state index contributed by atoms with van der Waals surface area (Å²) in [5, 5.41) is 12.9. The first-order chi connectivity index (χ1) is 8.86. The zero-order valence-corrected chi connectivity index (χ0v) is 10.4. The molecule has 0 aliphatic heterocycles. The number of methoxy groups -OCH3 is 1. The number of halogens is 3. The number of benzene rings is 1. The molecule has 19 heavy (non-hydrogen) atoms. The molecule has 0 amide bonds. The second-order valence-corrected chi connectivity index (χ2v) is 3.78. The third kappa shape index (κ3) is 3.75. The van der Waals surface area contributed by atoms with Crippen LogP contribution in [0.1, 0.15) is 10.4 Å². The van der Waals surface area contributed by atoms with Crippen molar-refractivity contribution in [2.75, 3.05) is 19.0 Å². The molecule has 0 atom stereocenters. The van der Waals surface area contributed by atoms with Gasteiger partial charge in [-0.3, -0.25) is 10.1 Å². The first kappa shape index (κ1) is 15.1. The fourth-order valence-corrected chi connectivity index (χ4v) is 1.55. The second kappa shape index (κ2) is 6.28. The van der Waals surface area contributed by atoms with E-state index in [2.05, 4.69) is 10.1 Å². The third-order valence-corrected chi connectivity index (χ3v) is 2.45. The lowest BCUT2D eigenvalue weighted by Crippen LogP contribution is -2.12. The largest absolute Gasteiger partial charge is 0.465 e. The van der Waals surface area contributed by atoms with E-state index in [1.807, 2.05) is 0 Å². The summed E-state index contributed by atoms with van der Waals surface area (Å²) in [5.41, 5.74) is -0.938. The highest BCUT2D eigenvalue weighted by molar-refractivity contribution is 6.34. The van der Waals surface area contributed by atoms with Gasteiger partial charge >= 0.3 is 5.97 Å². The Balaban J connectivity index is 3.21. The SMILES string of the molecule is COC(=O)c1cc([N+](=O)[O-])c(NCC(F)F)cc1Cl. The first-order valence-corrected chi connectivity index (χ1v) is 5.33. The van der Waals surface area contributed by atoms with Crippen molar-refractivity contribution in [3.05, 3.63) is 32.8 Å². The predicted octanol–water partition coefficient (Wildman–Crippen LogP) is 2.71. The summed E-state index contributed by atoms with van der Waals surface area (Å²) in [5.74, 6) is -0.853. The molecule has 0 saturated carbocycles. The van der Waals surface area contributed by atoms with E-state index in [1.165, 1.54) is 0 Å². The van der Waals surface area contributed by atoms with E-state index in [0.717, 1.165) is 19.2 Å². The lowest BCUT2D eigenvalue weighted by molar-refractivity contribution is -0.384. The van der Waals surface area contributed by atoms with E-state index >= 15 is 0 Å². The number of nitrogens with one attached hydrogen (secondary N) is 1. The highest BCUT2D eigenvalue weighted by Gasteiger charge is 2.22. The van der Waals surface area contributed by atoms with Crippen LogP contribution in [0, 0.1) is 10.1 Å². The number of alkyl halides is 2. The average molecular weight is 295 g/mol. The molecule has 0 saturated heterocycles. The molecule has 9 heteroatoms. The normalized spacial score (nSPS) is 10.4. The van der Waals surface area contributed by atoms with Crippen LogP contribution in [0.25, 0.3) is 0 Å². The summed E-state index contributed by atoms with van der Waals surface area (Å²) in [7, 11) is 1.09. The Morgan fingerprint density at radius 2 is 2.21 bits per heavy atom. The lowest BCUT2D eigenvalue weighted by atomic mass is 10.1. The van der Waals surface area contributed by atoms with Gasteiger partial charge in [-0.25, -0.2) is 13.6 Å². The molecule has 0 bridgehead atoms. The molecule has 6 nitrogen and oxygen atoms in total. The summed E-state index contributed by atoms with van der Waals surface area (Å²) in [6, 6.07) is 1.91. The number of anilines is 1. The van der Waals surface area contributed by atoms with Crippen LogP contribution in [0.4, 0.5) is 20.2 Å². The Kier molecular flexibility index (Phi) is 4.99. The molecule has 0 aromatic heterocycles. The van der Waals surface area contributed by atoms with E-state index in [9.17, 15) is 23.7 Å². The van der Waals surface area contributed by atoms with Crippen LogP contribution in [0.5, 0.6) is 0 Å². The minimum Gasteiger partial charge on any atom is -0.465 e. The van der Waals surface area contributed by atoms with Crippen molar-refractivity contribution in [1.82, 2.24) is 0 Å². The summed E-state index contributed by atoms with van der Waals surface area (Å²) < 4.78 is 28.6. The molecule has 0 unspecified atom stereocenters. The van der Waals surface area contributed by atoms with Gasteiger partial charge in [0.2, 0.25) is 0 Å². The first-order valence-electron chi connectivity index (χ1n) is 4.95. The molecule has 1 rings (SSSR count). The Bertz CT molecular complexity index is 511. The van der Waals surface area contributed by atoms with E-state index in [0.29, 0.717) is 0 Å². The van der Waals surface area contributed by atoms with Gasteiger partial charge in [0.15, 0.2) is 0 Å². The molecular weight excluding hydrogens is 286 g/mol. The molecular formula is C10H9ClF2N2O4. The van der Waals surface area contributed by atoms with E-state index in [-0.39, 0.29) is 16.3 Å². The summed E-state index contributed by atoms with van der Waals surface area (Å²) in [6.07, 6.45) is -2.68. The quantitative estimate of drug-likeness (QED) is 0.513. The van der Waals surface area contributed by atoms with Crippen molar-refractivity contribution in [2.45, 2.75) is 6.43 Å². The van der Waals surface area contributed by atoms with Crippen LogP contribution < -0.4 is 5.32 Å². The molecule has 0 aliphatic rings. The molecule has 0 radical (unpaired) electrons. The van der Waals surface area contributed by atoms with Gasteiger partial charge in [-0.05, 0) is 6.07 Å². The van der Waals surface area contributed by atoms with Crippen LogP contribution in [0.3, 0.4) is 0 Å². The zero-order valence-electron chi connectivity index (χ0n) is 9.65. The third-order valence-electron chi connectivity index (χ3n) is 2.13. The lowest BCUT2D eigenvalue weighted by Gasteiger charge is -2.09. The predicted molar refractivity (Wildman–Crippen MR) is 63.9 cm³/mol. The van der Waals surface area contributed by atoms with Gasteiger partial charge in [-0.2, -0.15) is 0 Å². The van der Waals surface area contributed by atoms with E-state index < -0.39 is 29.6 Å². The number of esters is 1. The van der Waals surface area contributed by atoms with Crippen LogP contribution in [0.2, 0.25) is 5.02 Å². The van der Waals surface area contributed by atoms with Gasteiger partial charge in [0.1, 0.15) is 5.69 Å². The fourth-order valence-electron chi connectivity index (χ4n) is 1.31. The average Bonchev–Trinajstić information content (AvgIpc) is 2.34. The maximum Gasteiger partial charge on any atom is 0.339 e. The number of nitro groups is 1. The number of carbonyl (C=O) groups excluding carboxylic acids is 1. The molecule has 0 spiro atoms. The number of carbonyl (C=O) groups is 1. The second-order valence-electron chi connectivity index (χ2n) is 3.37. The fraction of sp³-hybridized carbons (Fsp3) is 0.300. The zero-order chi connectivity index (χ0) is 14.6. The molecule has 0 fully saturated rings. The van der Waals surface area contributed by atoms with Crippen molar-refractivity contribution in [3.8, 4) is 0 Å². The maximum atomic E-state index is 12.1. The maximum absolute atomic E-state index is 12.1. The number of nitrogens with zero attached hydrogens (tertiary/aromatic N) is 1. The summed E-state index contributed by atoms with van der Waals surface area (Å²) in [6.45, 7) is -0.769. The Hall–Kier alpha value is -1.96. The van der Waals surface area contributed by atoms with Crippen molar-refractivity contribution < 1.29 is 23.2 Å². The smallest absolute Gasteiger partial charge is 0.339 e. The molecule has 1 N–H and O–H groups in total. The number of nitro benzene ring substituents is 1. The summed E-state index contributed by atoms with van der Waals surface area (Å²) >= 11 is 5.74. The highest BCUT2D eigenvalue weighted by Crippen LogP contribution is 2.31. The molecule has 1 aromatic rings. The van der Waals surface area contributed by atoms with Crippen molar-refractivity contribution in [3.63, 3.8) is 0 Å². The van der Waals surface area contributed by atoms with E-state index in [4.69, 9.17) is 11.6 Å². The van der Waals surface area contributed by atoms with Crippen molar-refractivity contribution in [1.29, 1.82) is 0 Å². The molecule has 0 heterocycles. The van der Waals surface area contributed by atoms with Gasteiger partial charge in [-0.1, -0.05) is 11.6 Å². The van der Waals surface area contributed by atoms with Gasteiger partial charge in [0.05, 0.1) is 29.2 Å². The minimum absolute atomic E-state index is 0.130.